The van der Waals surface area contributed by atoms with Gasteiger partial charge >= 0.3 is 0 Å². The number of hydrogen-bond donors (Lipinski definition) is 0. The molecule has 0 N–H and O–H groups in total. The van der Waals surface area contributed by atoms with E-state index >= 15 is 0 Å². The first-order chi connectivity index (χ1) is 6.01. The predicted octanol–water partition coefficient (Wildman–Crippen LogP) is 3.21. The highest BCUT2D eigenvalue weighted by molar-refractivity contribution is 6.63. The number of rotatable bonds is 2. The van der Waals surface area contributed by atoms with Gasteiger partial charge in [-0.15, -0.1) is 0 Å². The second-order valence-electron chi connectivity index (χ2n) is 5.26. The summed E-state index contributed by atoms with van der Waals surface area (Å²) in [7, 11) is 0. The summed E-state index contributed by atoms with van der Waals surface area (Å²) < 4.78 is 0. The SMILES string of the molecule is CC1(C)[C@H]2CC[C@@H](CC(=O)Cl)[C@@H]1C2. The van der Waals surface area contributed by atoms with Gasteiger partial charge in [0.1, 0.15) is 0 Å². The molecule has 0 radical (unpaired) electrons. The molecule has 0 aromatic heterocycles. The van der Waals surface area contributed by atoms with Crippen LogP contribution in [0.4, 0.5) is 0 Å². The van der Waals surface area contributed by atoms with Crippen molar-refractivity contribution in [1.82, 2.24) is 0 Å². The Hall–Kier alpha value is -0.0400. The van der Waals surface area contributed by atoms with Crippen LogP contribution in [0.2, 0.25) is 0 Å². The molecular weight excluding hydrogens is 184 g/mol. The zero-order valence-electron chi connectivity index (χ0n) is 8.35. The van der Waals surface area contributed by atoms with Gasteiger partial charge < -0.3 is 0 Å². The maximum atomic E-state index is 10.9. The molecule has 0 amide bonds. The molecule has 3 atom stereocenters. The fraction of sp³-hybridized carbons (Fsp3) is 0.909. The van der Waals surface area contributed by atoms with E-state index < -0.39 is 0 Å². The molecule has 2 bridgehead atoms. The van der Waals surface area contributed by atoms with Gasteiger partial charge in [0.25, 0.3) is 0 Å². The van der Waals surface area contributed by atoms with E-state index in [1.54, 1.807) is 0 Å². The van der Waals surface area contributed by atoms with Gasteiger partial charge in [0.2, 0.25) is 5.24 Å². The van der Waals surface area contributed by atoms with Crippen molar-refractivity contribution in [3.8, 4) is 0 Å². The van der Waals surface area contributed by atoms with Crippen LogP contribution in [0.15, 0.2) is 0 Å². The number of halogens is 1. The molecule has 1 nitrogen and oxygen atoms in total. The van der Waals surface area contributed by atoms with E-state index in [0.29, 0.717) is 17.8 Å². The van der Waals surface area contributed by atoms with Gasteiger partial charge in [-0.25, -0.2) is 0 Å². The first-order valence-electron chi connectivity index (χ1n) is 5.20. The van der Waals surface area contributed by atoms with Gasteiger partial charge in [0.05, 0.1) is 0 Å². The van der Waals surface area contributed by atoms with Crippen molar-refractivity contribution in [3.05, 3.63) is 0 Å². The van der Waals surface area contributed by atoms with Gasteiger partial charge in [0.15, 0.2) is 0 Å². The molecule has 2 heteroatoms. The highest BCUT2D eigenvalue weighted by Gasteiger charge is 2.54. The average molecular weight is 201 g/mol. The molecule has 0 aromatic carbocycles. The number of hydrogen-bond acceptors (Lipinski definition) is 1. The van der Waals surface area contributed by atoms with Gasteiger partial charge in [-0.2, -0.15) is 0 Å². The minimum absolute atomic E-state index is 0.147. The molecular formula is C11H17ClO. The van der Waals surface area contributed by atoms with E-state index in [4.69, 9.17) is 11.6 Å². The predicted molar refractivity (Wildman–Crippen MR) is 53.6 cm³/mol. The lowest BCUT2D eigenvalue weighted by molar-refractivity contribution is -0.125. The molecule has 74 valence electrons. The molecule has 3 rings (SSSR count). The molecule has 3 aliphatic rings. The molecule has 13 heavy (non-hydrogen) atoms. The summed E-state index contributed by atoms with van der Waals surface area (Å²) in [6.45, 7) is 4.69. The lowest BCUT2D eigenvalue weighted by atomic mass is 9.45. The summed E-state index contributed by atoms with van der Waals surface area (Å²) in [5.41, 5.74) is 0.481. The van der Waals surface area contributed by atoms with Crippen molar-refractivity contribution in [2.45, 2.75) is 39.5 Å². The maximum Gasteiger partial charge on any atom is 0.221 e. The Kier molecular flexibility index (Phi) is 2.18. The van der Waals surface area contributed by atoms with Crippen molar-refractivity contribution in [2.24, 2.45) is 23.2 Å². The Morgan fingerprint density at radius 3 is 2.62 bits per heavy atom. The quantitative estimate of drug-likeness (QED) is 0.626. The molecule has 0 spiro atoms. The normalized spacial score (nSPS) is 41.0. The van der Waals surface area contributed by atoms with E-state index in [0.717, 1.165) is 11.8 Å². The summed E-state index contributed by atoms with van der Waals surface area (Å²) in [4.78, 5) is 10.9. The van der Waals surface area contributed by atoms with Crippen LogP contribution >= 0.6 is 11.6 Å². The Balaban J connectivity index is 2.03. The zero-order chi connectivity index (χ0) is 9.64. The van der Waals surface area contributed by atoms with Crippen molar-refractivity contribution in [1.29, 1.82) is 0 Å². The average Bonchev–Trinajstić information content (AvgIpc) is 2.03. The number of fused-ring (bicyclic) bond motifs is 2. The lowest BCUT2D eigenvalue weighted by Crippen LogP contribution is -2.52. The zero-order valence-corrected chi connectivity index (χ0v) is 9.10. The Morgan fingerprint density at radius 1 is 1.46 bits per heavy atom. The monoisotopic (exact) mass is 200 g/mol. The summed E-state index contributed by atoms with van der Waals surface area (Å²) >= 11 is 5.45. The molecule has 0 aromatic rings. The van der Waals surface area contributed by atoms with Crippen molar-refractivity contribution in [2.75, 3.05) is 0 Å². The topological polar surface area (TPSA) is 17.1 Å². The number of carbonyl (C=O) groups is 1. The largest absolute Gasteiger partial charge is 0.281 e. The lowest BCUT2D eigenvalue weighted by Gasteiger charge is -2.60. The Morgan fingerprint density at radius 2 is 2.15 bits per heavy atom. The maximum absolute atomic E-state index is 10.9. The third kappa shape index (κ3) is 1.41. The summed E-state index contributed by atoms with van der Waals surface area (Å²) in [5, 5.41) is -0.147. The molecule has 0 saturated heterocycles. The standard InChI is InChI=1S/C11H17ClO/c1-11(2)8-4-3-7(5-10(12)13)9(11)6-8/h7-9H,3-6H2,1-2H3/t7-,8-,9-/m0/s1. The summed E-state index contributed by atoms with van der Waals surface area (Å²) in [6.07, 6.45) is 4.46. The summed E-state index contributed by atoms with van der Waals surface area (Å²) in [6, 6.07) is 0. The third-order valence-electron chi connectivity index (χ3n) is 4.42. The van der Waals surface area contributed by atoms with Crippen LogP contribution in [-0.2, 0) is 4.79 Å². The molecule has 0 aliphatic heterocycles. The van der Waals surface area contributed by atoms with Crippen LogP contribution in [0.1, 0.15) is 39.5 Å². The van der Waals surface area contributed by atoms with E-state index in [1.165, 1.54) is 19.3 Å². The van der Waals surface area contributed by atoms with Gasteiger partial charge in [0, 0.05) is 6.42 Å². The van der Waals surface area contributed by atoms with E-state index in [2.05, 4.69) is 13.8 Å². The van der Waals surface area contributed by atoms with Crippen LogP contribution in [0, 0.1) is 23.2 Å². The Bertz CT molecular complexity index is 232. The third-order valence-corrected chi connectivity index (χ3v) is 4.58. The highest BCUT2D eigenvalue weighted by Crippen LogP contribution is 2.62. The van der Waals surface area contributed by atoms with Gasteiger partial charge in [-0.05, 0) is 54.0 Å². The minimum Gasteiger partial charge on any atom is -0.281 e. The fourth-order valence-electron chi connectivity index (χ4n) is 3.41. The minimum atomic E-state index is -0.147. The Labute approximate surface area is 84.8 Å². The van der Waals surface area contributed by atoms with Crippen LogP contribution in [-0.4, -0.2) is 5.24 Å². The van der Waals surface area contributed by atoms with Crippen LogP contribution in [0.3, 0.4) is 0 Å². The second kappa shape index (κ2) is 2.98. The fourth-order valence-corrected chi connectivity index (χ4v) is 3.61. The van der Waals surface area contributed by atoms with Crippen molar-refractivity contribution < 1.29 is 4.79 Å². The molecule has 3 fully saturated rings. The van der Waals surface area contributed by atoms with E-state index in [-0.39, 0.29) is 5.24 Å². The van der Waals surface area contributed by atoms with Crippen LogP contribution in [0.5, 0.6) is 0 Å². The molecule has 3 aliphatic carbocycles. The number of carbonyl (C=O) groups excluding carboxylic acids is 1. The van der Waals surface area contributed by atoms with E-state index in [1.807, 2.05) is 0 Å². The molecule has 0 heterocycles. The second-order valence-corrected chi connectivity index (χ2v) is 5.68. The highest BCUT2D eigenvalue weighted by atomic mass is 35.5. The van der Waals surface area contributed by atoms with Crippen molar-refractivity contribution >= 4 is 16.8 Å². The van der Waals surface area contributed by atoms with Crippen LogP contribution in [0.25, 0.3) is 0 Å². The van der Waals surface area contributed by atoms with Gasteiger partial charge in [-0.3, -0.25) is 4.79 Å². The van der Waals surface area contributed by atoms with Gasteiger partial charge in [-0.1, -0.05) is 13.8 Å². The first-order valence-corrected chi connectivity index (χ1v) is 5.58. The van der Waals surface area contributed by atoms with Crippen molar-refractivity contribution in [3.63, 3.8) is 0 Å². The summed E-state index contributed by atoms with van der Waals surface area (Å²) in [5.74, 6) is 2.25. The molecule has 3 saturated carbocycles. The smallest absolute Gasteiger partial charge is 0.221 e. The van der Waals surface area contributed by atoms with E-state index in [9.17, 15) is 4.79 Å². The van der Waals surface area contributed by atoms with Crippen LogP contribution < -0.4 is 0 Å². The molecule has 0 unspecified atom stereocenters. The first kappa shape index (κ1) is 9.51.